The molecule has 0 radical (unpaired) electrons. The summed E-state index contributed by atoms with van der Waals surface area (Å²) in [5.41, 5.74) is 1.35. The van der Waals surface area contributed by atoms with Crippen LogP contribution in [-0.2, 0) is 4.74 Å². The van der Waals surface area contributed by atoms with Gasteiger partial charge in [0, 0.05) is 13.1 Å². The van der Waals surface area contributed by atoms with Crippen LogP contribution in [0.2, 0.25) is 0 Å². The van der Waals surface area contributed by atoms with Crippen molar-refractivity contribution in [2.24, 2.45) is 0 Å². The van der Waals surface area contributed by atoms with Gasteiger partial charge in [0.05, 0.1) is 29.1 Å². The minimum absolute atomic E-state index is 0.0675. The summed E-state index contributed by atoms with van der Waals surface area (Å²) in [5.74, 6) is 0.127. The quantitative estimate of drug-likeness (QED) is 0.332. The lowest BCUT2D eigenvalue weighted by Crippen LogP contribution is -2.42. The van der Waals surface area contributed by atoms with Gasteiger partial charge >= 0.3 is 6.09 Å². The lowest BCUT2D eigenvalue weighted by Gasteiger charge is -2.33. The van der Waals surface area contributed by atoms with Crippen molar-refractivity contribution in [2.45, 2.75) is 45.3 Å². The summed E-state index contributed by atoms with van der Waals surface area (Å²) in [5, 5.41) is 5.23. The number of benzene rings is 2. The summed E-state index contributed by atoms with van der Waals surface area (Å²) in [7, 11) is 0. The number of carbonyl (C=O) groups excluding carboxylic acids is 3. The van der Waals surface area contributed by atoms with Crippen LogP contribution in [0.25, 0.3) is 11.0 Å². The summed E-state index contributed by atoms with van der Waals surface area (Å²) < 4.78 is 13.4. The summed E-state index contributed by atoms with van der Waals surface area (Å²) in [6.07, 6.45) is 4.24. The van der Waals surface area contributed by atoms with Crippen molar-refractivity contribution in [3.05, 3.63) is 72.2 Å². The lowest BCUT2D eigenvalue weighted by molar-refractivity contribution is 0.0186. The molecule has 0 bridgehead atoms. The minimum Gasteiger partial charge on any atom is -0.444 e. The second kappa shape index (κ2) is 9.74. The second-order valence-electron chi connectivity index (χ2n) is 10.8. The van der Waals surface area contributed by atoms with Crippen LogP contribution in [0.15, 0.2) is 61.1 Å². The average Bonchev–Trinajstić information content (AvgIpc) is 3.48. The molecule has 204 valence electrons. The van der Waals surface area contributed by atoms with Crippen LogP contribution in [-0.4, -0.2) is 61.2 Å². The molecule has 11 heteroatoms. The van der Waals surface area contributed by atoms with Crippen molar-refractivity contribution in [2.75, 3.05) is 18.0 Å². The molecule has 1 saturated heterocycles. The summed E-state index contributed by atoms with van der Waals surface area (Å²) in [4.78, 5) is 49.6. The van der Waals surface area contributed by atoms with Crippen molar-refractivity contribution in [3.63, 3.8) is 0 Å². The number of nitrogens with zero attached hydrogens (tertiary/aromatic N) is 6. The Bertz CT molecular complexity index is 1580. The van der Waals surface area contributed by atoms with Gasteiger partial charge in [0.2, 0.25) is 5.88 Å². The Labute approximate surface area is 230 Å². The maximum atomic E-state index is 12.8. The van der Waals surface area contributed by atoms with E-state index in [0.29, 0.717) is 52.6 Å². The zero-order valence-electron chi connectivity index (χ0n) is 22.4. The van der Waals surface area contributed by atoms with Crippen molar-refractivity contribution in [1.29, 1.82) is 0 Å². The van der Waals surface area contributed by atoms with E-state index in [4.69, 9.17) is 9.47 Å². The van der Waals surface area contributed by atoms with Gasteiger partial charge in [-0.2, -0.15) is 5.10 Å². The minimum atomic E-state index is -0.533. The van der Waals surface area contributed by atoms with E-state index in [-0.39, 0.29) is 23.9 Å². The number of imide groups is 1. The van der Waals surface area contributed by atoms with Gasteiger partial charge in [-0.3, -0.25) is 9.59 Å². The predicted octanol–water partition coefficient (Wildman–Crippen LogP) is 4.99. The molecule has 2 aliphatic rings. The van der Waals surface area contributed by atoms with Crippen LogP contribution in [0.3, 0.4) is 0 Å². The van der Waals surface area contributed by atoms with Crippen LogP contribution in [0.4, 0.5) is 10.5 Å². The third-order valence-corrected chi connectivity index (χ3v) is 6.92. The highest BCUT2D eigenvalue weighted by atomic mass is 16.6. The first-order chi connectivity index (χ1) is 19.2. The van der Waals surface area contributed by atoms with E-state index in [1.54, 1.807) is 59.6 Å². The fourth-order valence-corrected chi connectivity index (χ4v) is 5.01. The monoisotopic (exact) mass is 540 g/mol. The molecule has 2 aromatic heterocycles. The highest BCUT2D eigenvalue weighted by Gasteiger charge is 2.36. The number of fused-ring (bicyclic) bond motifs is 2. The summed E-state index contributed by atoms with van der Waals surface area (Å²) in [6, 6.07) is 13.5. The first-order valence-corrected chi connectivity index (χ1v) is 13.1. The zero-order valence-corrected chi connectivity index (χ0v) is 22.4. The van der Waals surface area contributed by atoms with Gasteiger partial charge in [-0.1, -0.05) is 12.1 Å². The second-order valence-corrected chi connectivity index (χ2v) is 10.8. The molecule has 2 aliphatic heterocycles. The van der Waals surface area contributed by atoms with E-state index in [1.165, 1.54) is 6.33 Å². The van der Waals surface area contributed by atoms with Crippen LogP contribution in [0, 0.1) is 0 Å². The van der Waals surface area contributed by atoms with Gasteiger partial charge < -0.3 is 14.4 Å². The van der Waals surface area contributed by atoms with Gasteiger partial charge in [0.25, 0.3) is 11.8 Å². The predicted molar refractivity (Wildman–Crippen MR) is 145 cm³/mol. The molecule has 0 aliphatic carbocycles. The third kappa shape index (κ3) is 4.63. The van der Waals surface area contributed by atoms with Crippen LogP contribution in [0.5, 0.6) is 11.6 Å². The van der Waals surface area contributed by atoms with Crippen molar-refractivity contribution < 1.29 is 23.9 Å². The van der Waals surface area contributed by atoms with Gasteiger partial charge in [-0.05, 0) is 70.0 Å². The van der Waals surface area contributed by atoms with E-state index in [0.717, 1.165) is 17.7 Å². The first-order valence-electron chi connectivity index (χ1n) is 13.1. The Balaban J connectivity index is 1.16. The number of carbonyl (C=O) groups is 3. The van der Waals surface area contributed by atoms with E-state index in [9.17, 15) is 14.4 Å². The molecule has 0 spiro atoms. The molecule has 11 nitrogen and oxygen atoms in total. The number of anilines is 1. The molecule has 0 atom stereocenters. The molecule has 0 unspecified atom stereocenters. The standard InChI is InChI=1S/C29H28N6O5/c1-29(2,3)40-28(38)33-14-12-19(13-15-33)35-24-23(16-32-35)25(31-17-30-24)39-20-10-8-18(9-11-20)34-26(36)21-6-4-5-7-22(21)27(34)37/h4-11,16-17,19H,12-15H2,1-3H3. The Morgan fingerprint density at radius 1 is 0.925 bits per heavy atom. The molecular weight excluding hydrogens is 512 g/mol. The number of hydrogen-bond donors (Lipinski definition) is 0. The SMILES string of the molecule is CC(C)(C)OC(=O)N1CCC(n2ncc3c(Oc4ccc(N5C(=O)c6ccccc6C5=O)cc4)ncnc32)CC1. The Kier molecular flexibility index (Phi) is 6.21. The molecule has 40 heavy (non-hydrogen) atoms. The maximum Gasteiger partial charge on any atom is 0.410 e. The molecule has 2 aromatic carbocycles. The molecule has 3 amide bonds. The van der Waals surface area contributed by atoms with Crippen LogP contribution < -0.4 is 9.64 Å². The highest BCUT2D eigenvalue weighted by Crippen LogP contribution is 2.33. The molecule has 6 rings (SSSR count). The number of amides is 3. The average molecular weight is 541 g/mol. The van der Waals surface area contributed by atoms with Crippen LogP contribution in [0.1, 0.15) is 60.4 Å². The molecule has 0 saturated carbocycles. The van der Waals surface area contributed by atoms with E-state index < -0.39 is 5.60 Å². The molecule has 0 N–H and O–H groups in total. The molecule has 4 heterocycles. The van der Waals surface area contributed by atoms with Crippen molar-refractivity contribution >= 4 is 34.6 Å². The topological polar surface area (TPSA) is 120 Å². The fourth-order valence-electron chi connectivity index (χ4n) is 5.01. The van der Waals surface area contributed by atoms with Crippen LogP contribution >= 0.6 is 0 Å². The molecule has 1 fully saturated rings. The molecular formula is C29H28N6O5. The zero-order chi connectivity index (χ0) is 28.0. The Morgan fingerprint density at radius 2 is 1.57 bits per heavy atom. The number of aromatic nitrogens is 4. The van der Waals surface area contributed by atoms with E-state index in [2.05, 4.69) is 15.1 Å². The maximum absolute atomic E-state index is 12.8. The van der Waals surface area contributed by atoms with Gasteiger partial charge in [-0.15, -0.1) is 0 Å². The molecule has 4 aromatic rings. The smallest absolute Gasteiger partial charge is 0.410 e. The van der Waals surface area contributed by atoms with Gasteiger partial charge in [0.15, 0.2) is 5.65 Å². The number of hydrogen-bond acceptors (Lipinski definition) is 8. The van der Waals surface area contributed by atoms with Gasteiger partial charge in [-0.25, -0.2) is 24.3 Å². The number of piperidine rings is 1. The van der Waals surface area contributed by atoms with E-state index in [1.807, 2.05) is 25.5 Å². The Morgan fingerprint density at radius 3 is 2.20 bits per heavy atom. The fraction of sp³-hybridized carbons (Fsp3) is 0.310. The summed E-state index contributed by atoms with van der Waals surface area (Å²) in [6.45, 7) is 6.70. The highest BCUT2D eigenvalue weighted by molar-refractivity contribution is 6.34. The van der Waals surface area contributed by atoms with Gasteiger partial charge in [0.1, 0.15) is 23.1 Å². The normalized spacial score (nSPS) is 16.0. The van der Waals surface area contributed by atoms with E-state index >= 15 is 0 Å². The largest absolute Gasteiger partial charge is 0.444 e. The Hall–Kier alpha value is -4.80. The number of likely N-dealkylation sites (tertiary alicyclic amines) is 1. The van der Waals surface area contributed by atoms with Crippen molar-refractivity contribution in [1.82, 2.24) is 24.6 Å². The summed E-state index contributed by atoms with van der Waals surface area (Å²) >= 11 is 0. The lowest BCUT2D eigenvalue weighted by atomic mass is 10.1. The third-order valence-electron chi connectivity index (χ3n) is 6.92. The number of rotatable bonds is 4. The number of ether oxygens (including phenoxy) is 2. The first kappa shape index (κ1) is 25.5. The van der Waals surface area contributed by atoms with Crippen molar-refractivity contribution in [3.8, 4) is 11.6 Å².